The molecule has 1 amide bonds. The first-order valence-electron chi connectivity index (χ1n) is 8.50. The Morgan fingerprint density at radius 2 is 1.93 bits per heavy atom. The summed E-state index contributed by atoms with van der Waals surface area (Å²) in [5.41, 5.74) is 1.23. The van der Waals surface area contributed by atoms with Crippen molar-refractivity contribution in [3.63, 3.8) is 0 Å². The van der Waals surface area contributed by atoms with Gasteiger partial charge in [0.05, 0.1) is 21.2 Å². The maximum Gasteiger partial charge on any atom is 0.335 e. The summed E-state index contributed by atoms with van der Waals surface area (Å²) in [7, 11) is 0. The molecule has 0 radical (unpaired) electrons. The highest BCUT2D eigenvalue weighted by molar-refractivity contribution is 8.27. The first kappa shape index (κ1) is 20.7. The quantitative estimate of drug-likeness (QED) is 0.349. The molecule has 0 saturated carbocycles. The van der Waals surface area contributed by atoms with E-state index in [9.17, 15) is 9.59 Å². The van der Waals surface area contributed by atoms with Crippen LogP contribution in [0.3, 0.4) is 0 Å². The van der Waals surface area contributed by atoms with Crippen molar-refractivity contribution in [3.8, 4) is 11.3 Å². The van der Waals surface area contributed by atoms with Crippen LogP contribution in [0.5, 0.6) is 0 Å². The number of amides is 1. The lowest BCUT2D eigenvalue weighted by Crippen LogP contribution is -2.27. The van der Waals surface area contributed by atoms with Gasteiger partial charge in [-0.25, -0.2) is 4.79 Å². The molecule has 1 N–H and O–H groups in total. The molecule has 1 fully saturated rings. The predicted molar refractivity (Wildman–Crippen MR) is 123 cm³/mol. The van der Waals surface area contributed by atoms with Crippen LogP contribution in [-0.4, -0.2) is 21.3 Å². The number of halogens is 2. The Morgan fingerprint density at radius 1 is 1.13 bits per heavy atom. The van der Waals surface area contributed by atoms with Gasteiger partial charge in [0, 0.05) is 16.7 Å². The largest absolute Gasteiger partial charge is 0.478 e. The van der Waals surface area contributed by atoms with Crippen molar-refractivity contribution in [2.24, 2.45) is 0 Å². The molecule has 0 unspecified atom stereocenters. The summed E-state index contributed by atoms with van der Waals surface area (Å²) in [4.78, 5) is 25.8. The molecule has 9 heteroatoms. The summed E-state index contributed by atoms with van der Waals surface area (Å²) in [5.74, 6) is -0.415. The van der Waals surface area contributed by atoms with E-state index in [2.05, 4.69) is 0 Å². The molecule has 2 heterocycles. The van der Waals surface area contributed by atoms with Crippen LogP contribution in [0.15, 0.2) is 63.9 Å². The topological polar surface area (TPSA) is 70.8 Å². The summed E-state index contributed by atoms with van der Waals surface area (Å²) in [6.45, 7) is 0. The van der Waals surface area contributed by atoms with Gasteiger partial charge in [-0.15, -0.1) is 0 Å². The lowest BCUT2D eigenvalue weighted by Gasteiger charge is -2.16. The Bertz CT molecular complexity index is 1240. The van der Waals surface area contributed by atoms with Crippen LogP contribution in [0.25, 0.3) is 17.4 Å². The maximum absolute atomic E-state index is 12.9. The van der Waals surface area contributed by atoms with E-state index in [1.807, 2.05) is 0 Å². The molecular weight excluding hydrogens is 465 g/mol. The third kappa shape index (κ3) is 4.02. The fraction of sp³-hybridized carbons (Fsp3) is 0. The highest BCUT2D eigenvalue weighted by Gasteiger charge is 2.34. The van der Waals surface area contributed by atoms with Gasteiger partial charge in [-0.2, -0.15) is 0 Å². The molecule has 4 rings (SSSR count). The van der Waals surface area contributed by atoms with E-state index in [0.717, 1.165) is 11.8 Å². The lowest BCUT2D eigenvalue weighted by atomic mass is 10.1. The van der Waals surface area contributed by atoms with Crippen molar-refractivity contribution in [2.75, 3.05) is 4.90 Å². The van der Waals surface area contributed by atoms with E-state index in [-0.39, 0.29) is 11.5 Å². The van der Waals surface area contributed by atoms with Crippen LogP contribution < -0.4 is 4.90 Å². The minimum Gasteiger partial charge on any atom is -0.478 e. The smallest absolute Gasteiger partial charge is 0.335 e. The Kier molecular flexibility index (Phi) is 5.71. The number of benzene rings is 2. The number of carboxylic acid groups (broad SMARTS) is 1. The average Bonchev–Trinajstić information content (AvgIpc) is 3.28. The van der Waals surface area contributed by atoms with Gasteiger partial charge in [0.2, 0.25) is 0 Å². The zero-order valence-electron chi connectivity index (χ0n) is 15.0. The second-order valence-electron chi connectivity index (χ2n) is 6.20. The van der Waals surface area contributed by atoms with Crippen molar-refractivity contribution < 1.29 is 19.1 Å². The number of thioether (sulfide) groups is 1. The molecule has 1 saturated heterocycles. The fourth-order valence-corrected chi connectivity index (χ4v) is 4.62. The summed E-state index contributed by atoms with van der Waals surface area (Å²) in [6, 6.07) is 14.6. The predicted octanol–water partition coefficient (Wildman–Crippen LogP) is 6.36. The van der Waals surface area contributed by atoms with Crippen LogP contribution in [0.4, 0.5) is 5.69 Å². The number of nitrogens with zero attached hydrogens (tertiary/aromatic N) is 1. The number of carbonyl (C=O) groups excluding carboxylic acids is 1. The van der Waals surface area contributed by atoms with Gasteiger partial charge >= 0.3 is 5.97 Å². The summed E-state index contributed by atoms with van der Waals surface area (Å²) < 4.78 is 6.13. The van der Waals surface area contributed by atoms with E-state index < -0.39 is 5.97 Å². The number of aromatic carboxylic acids is 1. The van der Waals surface area contributed by atoms with Crippen molar-refractivity contribution in [3.05, 3.63) is 80.9 Å². The molecule has 5 nitrogen and oxygen atoms in total. The van der Waals surface area contributed by atoms with Gasteiger partial charge in [0.25, 0.3) is 5.91 Å². The Balaban J connectivity index is 1.62. The number of furan rings is 1. The van der Waals surface area contributed by atoms with Crippen molar-refractivity contribution >= 4 is 75.1 Å². The number of carbonyl (C=O) groups is 2. The molecule has 0 bridgehead atoms. The van der Waals surface area contributed by atoms with Gasteiger partial charge in [-0.05, 0) is 42.5 Å². The number of anilines is 1. The number of hydrogen-bond acceptors (Lipinski definition) is 5. The molecule has 1 aliphatic rings. The van der Waals surface area contributed by atoms with Crippen LogP contribution >= 0.6 is 47.2 Å². The molecule has 0 aliphatic carbocycles. The van der Waals surface area contributed by atoms with Crippen LogP contribution in [-0.2, 0) is 4.79 Å². The summed E-state index contributed by atoms with van der Waals surface area (Å²) in [6.07, 6.45) is 1.59. The molecule has 2 aromatic carbocycles. The van der Waals surface area contributed by atoms with Gasteiger partial charge in [-0.1, -0.05) is 59.3 Å². The van der Waals surface area contributed by atoms with E-state index in [4.69, 9.17) is 44.9 Å². The zero-order chi connectivity index (χ0) is 21.4. The third-order valence-electron chi connectivity index (χ3n) is 4.24. The molecule has 0 atom stereocenters. The monoisotopic (exact) mass is 475 g/mol. The lowest BCUT2D eigenvalue weighted by molar-refractivity contribution is -0.113. The minimum absolute atomic E-state index is 0.158. The number of rotatable bonds is 4. The van der Waals surface area contributed by atoms with E-state index in [1.54, 1.807) is 48.5 Å². The van der Waals surface area contributed by atoms with Crippen molar-refractivity contribution in [2.45, 2.75) is 0 Å². The fourth-order valence-electron chi connectivity index (χ4n) is 2.86. The summed E-state index contributed by atoms with van der Waals surface area (Å²) >= 11 is 18.6. The Labute approximate surface area is 190 Å². The van der Waals surface area contributed by atoms with Gasteiger partial charge < -0.3 is 9.52 Å². The molecule has 30 heavy (non-hydrogen) atoms. The average molecular weight is 476 g/mol. The number of carboxylic acids is 1. The van der Waals surface area contributed by atoms with E-state index >= 15 is 0 Å². The second-order valence-corrected chi connectivity index (χ2v) is 8.72. The maximum atomic E-state index is 12.9. The number of thiocarbonyl (C=S) groups is 1. The minimum atomic E-state index is -1.02. The van der Waals surface area contributed by atoms with Crippen molar-refractivity contribution in [1.82, 2.24) is 0 Å². The molecule has 1 aromatic heterocycles. The van der Waals surface area contributed by atoms with Crippen molar-refractivity contribution in [1.29, 1.82) is 0 Å². The van der Waals surface area contributed by atoms with Crippen LogP contribution in [0.2, 0.25) is 10.0 Å². The van der Waals surface area contributed by atoms with E-state index in [0.29, 0.717) is 42.0 Å². The normalized spacial score (nSPS) is 15.3. The summed E-state index contributed by atoms with van der Waals surface area (Å²) in [5, 5.41) is 9.92. The number of hydrogen-bond donors (Lipinski definition) is 1. The zero-order valence-corrected chi connectivity index (χ0v) is 18.1. The third-order valence-corrected chi connectivity index (χ3v) is 6.08. The molecule has 1 aliphatic heterocycles. The Hall–Kier alpha value is -2.58. The van der Waals surface area contributed by atoms with Crippen LogP contribution in [0.1, 0.15) is 16.1 Å². The van der Waals surface area contributed by atoms with Gasteiger partial charge in [0.1, 0.15) is 11.5 Å². The highest BCUT2D eigenvalue weighted by atomic mass is 35.5. The van der Waals surface area contributed by atoms with Crippen LogP contribution in [0, 0.1) is 0 Å². The van der Waals surface area contributed by atoms with Gasteiger partial charge in [0.15, 0.2) is 4.32 Å². The first-order valence-corrected chi connectivity index (χ1v) is 10.5. The van der Waals surface area contributed by atoms with E-state index in [1.165, 1.54) is 17.0 Å². The standard InChI is InChI=1S/C21H11Cl2NO4S2/c22-13-4-6-16(15(23)9-13)24-19(25)18(30-21(24)29)10-14-5-7-17(28-14)11-2-1-3-12(8-11)20(26)27/h1-10H,(H,26,27). The molecule has 150 valence electrons. The molecular formula is C21H11Cl2NO4S2. The first-order chi connectivity index (χ1) is 14.3. The molecule has 3 aromatic rings. The Morgan fingerprint density at radius 3 is 2.67 bits per heavy atom. The SMILES string of the molecule is O=C(O)c1cccc(-c2ccc(C=C3SC(=S)N(c4ccc(Cl)cc4Cl)C3=O)o2)c1. The second kappa shape index (κ2) is 8.28. The van der Waals surface area contributed by atoms with Gasteiger partial charge in [-0.3, -0.25) is 9.69 Å². The highest BCUT2D eigenvalue weighted by Crippen LogP contribution is 2.40. The molecule has 0 spiro atoms.